The lowest BCUT2D eigenvalue weighted by Gasteiger charge is -2.39. The van der Waals surface area contributed by atoms with Gasteiger partial charge in [-0.05, 0) is 30.2 Å². The number of carbonyl (C=O) groups is 5. The highest BCUT2D eigenvalue weighted by molar-refractivity contribution is 5.89. The molecule has 0 radical (unpaired) electrons. The molecule has 0 spiro atoms. The van der Waals surface area contributed by atoms with E-state index < -0.39 is 30.2 Å². The van der Waals surface area contributed by atoms with Crippen molar-refractivity contribution in [1.82, 2.24) is 35.6 Å². The number of carbonyl (C=O) groups excluding carboxylic acids is 5. The second kappa shape index (κ2) is 22.2. The maximum atomic E-state index is 14.2. The number of likely N-dealkylation sites (tertiary alicyclic amines) is 1. The Morgan fingerprint density at radius 2 is 1.58 bits per heavy atom. The van der Waals surface area contributed by atoms with Gasteiger partial charge in [-0.3, -0.25) is 28.9 Å². The van der Waals surface area contributed by atoms with E-state index >= 15 is 0 Å². The number of ether oxygens (including phenoxy) is 2. The Hall–Kier alpha value is -3.59. The highest BCUT2D eigenvalue weighted by Crippen LogP contribution is 2.29. The fourth-order valence-electron chi connectivity index (χ4n) is 8.23. The molecule has 3 N–H and O–H groups in total. The summed E-state index contributed by atoms with van der Waals surface area (Å²) < 4.78 is 11.9. The molecule has 310 valence electrons. The molecule has 2 saturated heterocycles. The average molecular weight is 772 g/mol. The molecule has 55 heavy (non-hydrogen) atoms. The zero-order chi connectivity index (χ0) is 40.8. The molecule has 0 bridgehead atoms. The monoisotopic (exact) mass is 772 g/mol. The summed E-state index contributed by atoms with van der Waals surface area (Å²) in [5.41, 5.74) is 0.928. The molecule has 3 rings (SSSR count). The number of hydrogen-bond donors (Lipinski definition) is 3. The first-order valence-corrected chi connectivity index (χ1v) is 20.0. The number of hydrogen-bond acceptors (Lipinski definition) is 9. The lowest BCUT2D eigenvalue weighted by atomic mass is 9.90. The third-order valence-electron chi connectivity index (χ3n) is 11.5. The Bertz CT molecular complexity index is 1390. The summed E-state index contributed by atoms with van der Waals surface area (Å²) in [6, 6.07) is 7.66. The fourth-order valence-corrected chi connectivity index (χ4v) is 8.23. The molecule has 2 aliphatic rings. The second-order valence-electron chi connectivity index (χ2n) is 15.8. The van der Waals surface area contributed by atoms with Gasteiger partial charge in [-0.25, -0.2) is 0 Å². The Labute approximate surface area is 329 Å². The zero-order valence-corrected chi connectivity index (χ0v) is 35.0. The van der Waals surface area contributed by atoms with E-state index in [1.807, 2.05) is 58.0 Å². The summed E-state index contributed by atoms with van der Waals surface area (Å²) in [7, 11) is 8.14. The molecule has 2 fully saturated rings. The lowest BCUT2D eigenvalue weighted by Crippen LogP contribution is -2.57. The van der Waals surface area contributed by atoms with Crippen LogP contribution in [0, 0.1) is 17.8 Å². The van der Waals surface area contributed by atoms with Gasteiger partial charge in [-0.1, -0.05) is 71.4 Å². The van der Waals surface area contributed by atoms with Crippen LogP contribution in [-0.4, -0.2) is 160 Å². The molecule has 0 aromatic heterocycles. The Morgan fingerprint density at radius 3 is 2.15 bits per heavy atom. The van der Waals surface area contributed by atoms with Crippen LogP contribution in [0.4, 0.5) is 0 Å². The van der Waals surface area contributed by atoms with E-state index in [0.717, 1.165) is 44.6 Å². The minimum absolute atomic E-state index is 0.00908. The van der Waals surface area contributed by atoms with E-state index in [1.165, 1.54) is 4.90 Å². The Balaban J connectivity index is 1.71. The van der Waals surface area contributed by atoms with Crippen molar-refractivity contribution in [2.45, 2.75) is 103 Å². The number of methoxy groups -OCH3 is 2. The van der Waals surface area contributed by atoms with Gasteiger partial charge in [0.25, 0.3) is 0 Å². The molecule has 8 unspecified atom stereocenters. The largest absolute Gasteiger partial charge is 0.379 e. The van der Waals surface area contributed by atoms with Crippen LogP contribution in [0.25, 0.3) is 0 Å². The molecule has 0 aliphatic carbocycles. The van der Waals surface area contributed by atoms with Gasteiger partial charge in [0.05, 0.1) is 49.2 Å². The van der Waals surface area contributed by atoms with Crippen LogP contribution >= 0.6 is 0 Å². The number of nitrogens with one attached hydrogen (secondary N) is 3. The van der Waals surface area contributed by atoms with Gasteiger partial charge in [0.1, 0.15) is 6.04 Å². The predicted molar refractivity (Wildman–Crippen MR) is 213 cm³/mol. The van der Waals surface area contributed by atoms with Crippen molar-refractivity contribution in [3.05, 3.63) is 35.9 Å². The van der Waals surface area contributed by atoms with E-state index in [9.17, 15) is 24.0 Å². The van der Waals surface area contributed by atoms with E-state index in [0.29, 0.717) is 19.4 Å². The van der Waals surface area contributed by atoms with Gasteiger partial charge in [-0.15, -0.1) is 0 Å². The molecule has 2 heterocycles. The minimum atomic E-state index is -0.761. The summed E-state index contributed by atoms with van der Waals surface area (Å²) in [4.78, 5) is 75.1. The van der Waals surface area contributed by atoms with Crippen LogP contribution < -0.4 is 16.0 Å². The van der Waals surface area contributed by atoms with Crippen LogP contribution in [0.2, 0.25) is 0 Å². The first-order chi connectivity index (χ1) is 26.2. The van der Waals surface area contributed by atoms with Gasteiger partial charge in [0.2, 0.25) is 29.5 Å². The van der Waals surface area contributed by atoms with Crippen LogP contribution in [-0.2, 0) is 39.9 Å². The van der Waals surface area contributed by atoms with Crippen molar-refractivity contribution in [2.75, 3.05) is 74.6 Å². The molecule has 5 amide bonds. The van der Waals surface area contributed by atoms with E-state index in [2.05, 4.69) is 20.9 Å². The highest BCUT2D eigenvalue weighted by atomic mass is 16.5. The summed E-state index contributed by atoms with van der Waals surface area (Å²) in [5, 5.41) is 9.19. The second-order valence-corrected chi connectivity index (χ2v) is 15.8. The van der Waals surface area contributed by atoms with E-state index in [-0.39, 0.29) is 66.4 Å². The molecule has 8 atom stereocenters. The molecule has 0 saturated carbocycles. The molecule has 1 aromatic carbocycles. The predicted octanol–water partition coefficient (Wildman–Crippen LogP) is 1.77. The minimum Gasteiger partial charge on any atom is -0.379 e. The number of likely N-dealkylation sites (N-methyl/N-ethyl adjacent to an activating group) is 2. The van der Waals surface area contributed by atoms with Crippen molar-refractivity contribution in [3.63, 3.8) is 0 Å². The topological polar surface area (TPSA) is 153 Å². The van der Waals surface area contributed by atoms with Crippen LogP contribution in [0.3, 0.4) is 0 Å². The average Bonchev–Trinajstić information content (AvgIpc) is 3.66. The molecule has 14 heteroatoms. The van der Waals surface area contributed by atoms with Gasteiger partial charge in [0.15, 0.2) is 0 Å². The molecule has 1 aromatic rings. The quantitative estimate of drug-likeness (QED) is 0.180. The van der Waals surface area contributed by atoms with Crippen molar-refractivity contribution in [2.24, 2.45) is 17.8 Å². The van der Waals surface area contributed by atoms with Crippen molar-refractivity contribution in [3.8, 4) is 0 Å². The van der Waals surface area contributed by atoms with Crippen molar-refractivity contribution >= 4 is 29.5 Å². The van der Waals surface area contributed by atoms with Gasteiger partial charge < -0.3 is 40.1 Å². The summed E-state index contributed by atoms with van der Waals surface area (Å²) in [6.07, 6.45) is 1.28. The Morgan fingerprint density at radius 1 is 0.927 bits per heavy atom. The highest BCUT2D eigenvalue weighted by Gasteiger charge is 2.42. The molecular weight excluding hydrogens is 702 g/mol. The third-order valence-corrected chi connectivity index (χ3v) is 11.5. The van der Waals surface area contributed by atoms with Crippen LogP contribution in [0.1, 0.15) is 65.9 Å². The summed E-state index contributed by atoms with van der Waals surface area (Å²) in [6.45, 7) is 13.4. The molecule has 2 aliphatic heterocycles. The van der Waals surface area contributed by atoms with E-state index in [1.54, 1.807) is 52.1 Å². The standard InChI is InChI=1S/C41H69N7O7/c1-11-28(4)37(46(8)35(50)26-43-40(52)36(27(2)3)47-22-19-42-20-23-47)33(54-9)25-34(49)48-21-15-18-32(48)38(55-10)29(5)39(51)44-31(41(53)45(6)7)24-30-16-13-12-14-17-30/h12-14,16-17,27-29,31-33,36-38,42H,11,15,18-26H2,1-10H3,(H,43,52)(H,44,51). The molecular formula is C41H69N7O7. The van der Waals surface area contributed by atoms with Gasteiger partial charge >= 0.3 is 0 Å². The van der Waals surface area contributed by atoms with Crippen LogP contribution in [0.15, 0.2) is 30.3 Å². The van der Waals surface area contributed by atoms with Crippen molar-refractivity contribution in [1.29, 1.82) is 0 Å². The fraction of sp³-hybridized carbons (Fsp3) is 0.732. The number of piperazine rings is 1. The normalized spacial score (nSPS) is 20.1. The number of rotatable bonds is 20. The smallest absolute Gasteiger partial charge is 0.244 e. The SMILES string of the molecule is CCC(C)C(C(CC(=O)N1CCCC1C(OC)C(C)C(=O)NC(Cc1ccccc1)C(=O)N(C)C)OC)N(C)C(=O)CNC(=O)C(C(C)C)N1CCNCC1. The maximum absolute atomic E-state index is 14.2. The molecule has 14 nitrogen and oxygen atoms in total. The Kier molecular flexibility index (Phi) is 18.5. The first-order valence-electron chi connectivity index (χ1n) is 20.0. The number of benzene rings is 1. The first kappa shape index (κ1) is 45.8. The maximum Gasteiger partial charge on any atom is 0.244 e. The van der Waals surface area contributed by atoms with Gasteiger partial charge in [-0.2, -0.15) is 0 Å². The number of amides is 5. The lowest BCUT2D eigenvalue weighted by molar-refractivity contribution is -0.146. The summed E-state index contributed by atoms with van der Waals surface area (Å²) >= 11 is 0. The zero-order valence-electron chi connectivity index (χ0n) is 35.0. The summed E-state index contributed by atoms with van der Waals surface area (Å²) in [5.74, 6) is -1.69. The van der Waals surface area contributed by atoms with E-state index in [4.69, 9.17) is 9.47 Å². The van der Waals surface area contributed by atoms with Gasteiger partial charge in [0, 0.05) is 74.5 Å². The number of nitrogens with zero attached hydrogens (tertiary/aromatic N) is 4. The van der Waals surface area contributed by atoms with Crippen molar-refractivity contribution < 1.29 is 33.4 Å². The third kappa shape index (κ3) is 12.5. The van der Waals surface area contributed by atoms with Crippen LogP contribution in [0.5, 0.6) is 0 Å².